The van der Waals surface area contributed by atoms with Crippen LogP contribution in [-0.2, 0) is 0 Å². The average Bonchev–Trinajstić information content (AvgIpc) is 2.35. The maximum atomic E-state index is 5.78. The third-order valence-electron chi connectivity index (χ3n) is 3.09. The van der Waals surface area contributed by atoms with E-state index in [1.807, 2.05) is 0 Å². The van der Waals surface area contributed by atoms with Gasteiger partial charge >= 0.3 is 0 Å². The fraction of sp³-hybridized carbons (Fsp3) is 0.375. The predicted molar refractivity (Wildman–Crippen MR) is 77.4 cm³/mol. The van der Waals surface area contributed by atoms with E-state index in [9.17, 15) is 0 Å². The average molecular weight is 243 g/mol. The van der Waals surface area contributed by atoms with Crippen molar-refractivity contribution in [2.75, 3.05) is 27.2 Å². The van der Waals surface area contributed by atoms with Gasteiger partial charge in [-0.15, -0.1) is 0 Å². The third-order valence-corrected chi connectivity index (χ3v) is 3.09. The lowest BCUT2D eigenvalue weighted by Crippen LogP contribution is -2.15. The standard InChI is InChI=1S/C16H21NO/c1-13-6-4-7-14-12-15(8-9-16(13)14)18-11-5-10-17(2)3/h4,6-9,12H,5,10-11H2,1-3H3. The Morgan fingerprint density at radius 2 is 1.94 bits per heavy atom. The van der Waals surface area contributed by atoms with Gasteiger partial charge in [-0.3, -0.25) is 0 Å². The smallest absolute Gasteiger partial charge is 0.119 e. The molecule has 2 aromatic rings. The number of rotatable bonds is 5. The normalized spacial score (nSPS) is 11.1. The second-order valence-corrected chi connectivity index (χ2v) is 4.96. The molecular weight excluding hydrogens is 222 g/mol. The summed E-state index contributed by atoms with van der Waals surface area (Å²) in [7, 11) is 4.16. The molecule has 0 saturated carbocycles. The van der Waals surface area contributed by atoms with Crippen LogP contribution in [0.5, 0.6) is 5.75 Å². The van der Waals surface area contributed by atoms with Gasteiger partial charge in [-0.05, 0) is 55.9 Å². The van der Waals surface area contributed by atoms with Crippen LogP contribution in [0, 0.1) is 6.92 Å². The minimum absolute atomic E-state index is 0.773. The fourth-order valence-electron chi connectivity index (χ4n) is 2.08. The van der Waals surface area contributed by atoms with Crippen LogP contribution in [0.25, 0.3) is 10.8 Å². The van der Waals surface area contributed by atoms with Gasteiger partial charge in [0.15, 0.2) is 0 Å². The molecule has 0 aliphatic carbocycles. The molecule has 2 aromatic carbocycles. The van der Waals surface area contributed by atoms with Gasteiger partial charge in [-0.1, -0.05) is 24.3 Å². The van der Waals surface area contributed by atoms with Crippen molar-refractivity contribution in [3.63, 3.8) is 0 Å². The largest absolute Gasteiger partial charge is 0.494 e. The van der Waals surface area contributed by atoms with E-state index in [4.69, 9.17) is 4.74 Å². The lowest BCUT2D eigenvalue weighted by molar-refractivity contribution is 0.282. The van der Waals surface area contributed by atoms with Gasteiger partial charge < -0.3 is 9.64 Å². The molecule has 0 fully saturated rings. The number of benzene rings is 2. The first-order chi connectivity index (χ1) is 8.66. The molecule has 0 spiro atoms. The summed E-state index contributed by atoms with van der Waals surface area (Å²) in [6, 6.07) is 12.7. The maximum Gasteiger partial charge on any atom is 0.119 e. The highest BCUT2D eigenvalue weighted by Gasteiger charge is 1.99. The molecule has 0 radical (unpaired) electrons. The molecule has 18 heavy (non-hydrogen) atoms. The van der Waals surface area contributed by atoms with Gasteiger partial charge in [0, 0.05) is 6.54 Å². The van der Waals surface area contributed by atoms with Gasteiger partial charge in [-0.2, -0.15) is 0 Å². The summed E-state index contributed by atoms with van der Waals surface area (Å²) in [5.41, 5.74) is 1.31. The number of hydrogen-bond donors (Lipinski definition) is 0. The van der Waals surface area contributed by atoms with E-state index in [0.717, 1.165) is 25.3 Å². The van der Waals surface area contributed by atoms with Crippen molar-refractivity contribution >= 4 is 10.8 Å². The lowest BCUT2D eigenvalue weighted by atomic mass is 10.1. The number of nitrogens with zero attached hydrogens (tertiary/aromatic N) is 1. The van der Waals surface area contributed by atoms with Crippen molar-refractivity contribution in [1.82, 2.24) is 4.90 Å². The van der Waals surface area contributed by atoms with Gasteiger partial charge in [0.1, 0.15) is 5.75 Å². The van der Waals surface area contributed by atoms with Crippen molar-refractivity contribution in [2.24, 2.45) is 0 Å². The number of hydrogen-bond acceptors (Lipinski definition) is 2. The van der Waals surface area contributed by atoms with E-state index >= 15 is 0 Å². The van der Waals surface area contributed by atoms with Gasteiger partial charge in [-0.25, -0.2) is 0 Å². The van der Waals surface area contributed by atoms with E-state index in [1.165, 1.54) is 16.3 Å². The molecule has 0 bridgehead atoms. The minimum atomic E-state index is 0.773. The highest BCUT2D eigenvalue weighted by molar-refractivity contribution is 5.86. The first kappa shape index (κ1) is 12.9. The van der Waals surface area contributed by atoms with Gasteiger partial charge in [0.05, 0.1) is 6.61 Å². The Bertz CT molecular complexity index is 519. The molecule has 96 valence electrons. The van der Waals surface area contributed by atoms with Gasteiger partial charge in [0.2, 0.25) is 0 Å². The zero-order chi connectivity index (χ0) is 13.0. The summed E-state index contributed by atoms with van der Waals surface area (Å²) < 4.78 is 5.78. The van der Waals surface area contributed by atoms with Crippen LogP contribution in [0.15, 0.2) is 36.4 Å². The molecular formula is C16H21NO. The SMILES string of the molecule is Cc1cccc2cc(OCCCN(C)C)ccc12. The van der Waals surface area contributed by atoms with E-state index < -0.39 is 0 Å². The van der Waals surface area contributed by atoms with Crippen molar-refractivity contribution in [2.45, 2.75) is 13.3 Å². The highest BCUT2D eigenvalue weighted by atomic mass is 16.5. The van der Waals surface area contributed by atoms with Crippen LogP contribution in [0.4, 0.5) is 0 Å². The van der Waals surface area contributed by atoms with Crippen LogP contribution >= 0.6 is 0 Å². The molecule has 0 atom stereocenters. The van der Waals surface area contributed by atoms with E-state index in [0.29, 0.717) is 0 Å². The van der Waals surface area contributed by atoms with Crippen LogP contribution in [0.3, 0.4) is 0 Å². The van der Waals surface area contributed by atoms with E-state index in [1.54, 1.807) is 0 Å². The molecule has 0 amide bonds. The summed E-state index contributed by atoms with van der Waals surface area (Å²) in [4.78, 5) is 2.17. The van der Waals surface area contributed by atoms with Crippen molar-refractivity contribution in [3.8, 4) is 5.75 Å². The van der Waals surface area contributed by atoms with E-state index in [2.05, 4.69) is 62.3 Å². The molecule has 0 aromatic heterocycles. The van der Waals surface area contributed by atoms with Crippen LogP contribution < -0.4 is 4.74 Å². The lowest BCUT2D eigenvalue weighted by Gasteiger charge is -2.11. The first-order valence-corrected chi connectivity index (χ1v) is 6.44. The minimum Gasteiger partial charge on any atom is -0.494 e. The number of fused-ring (bicyclic) bond motifs is 1. The topological polar surface area (TPSA) is 12.5 Å². The Morgan fingerprint density at radius 3 is 2.72 bits per heavy atom. The number of ether oxygens (including phenoxy) is 1. The van der Waals surface area contributed by atoms with Crippen molar-refractivity contribution in [3.05, 3.63) is 42.0 Å². The number of aryl methyl sites for hydroxylation is 1. The Hall–Kier alpha value is -1.54. The molecule has 0 unspecified atom stereocenters. The summed E-state index contributed by atoms with van der Waals surface area (Å²) in [6.07, 6.45) is 1.05. The molecule has 0 saturated heterocycles. The molecule has 0 aliphatic rings. The molecule has 0 aliphatic heterocycles. The molecule has 2 nitrogen and oxygen atoms in total. The first-order valence-electron chi connectivity index (χ1n) is 6.44. The Balaban J connectivity index is 2.02. The summed E-state index contributed by atoms with van der Waals surface area (Å²) in [5, 5.41) is 2.55. The Kier molecular flexibility index (Phi) is 4.21. The Labute approximate surface area is 109 Å². The van der Waals surface area contributed by atoms with Gasteiger partial charge in [0.25, 0.3) is 0 Å². The van der Waals surface area contributed by atoms with Crippen LogP contribution in [0.2, 0.25) is 0 Å². The van der Waals surface area contributed by atoms with Crippen LogP contribution in [0.1, 0.15) is 12.0 Å². The zero-order valence-electron chi connectivity index (χ0n) is 11.4. The highest BCUT2D eigenvalue weighted by Crippen LogP contribution is 2.23. The Morgan fingerprint density at radius 1 is 1.11 bits per heavy atom. The summed E-state index contributed by atoms with van der Waals surface area (Å²) in [5.74, 6) is 0.965. The maximum absolute atomic E-state index is 5.78. The van der Waals surface area contributed by atoms with Crippen molar-refractivity contribution in [1.29, 1.82) is 0 Å². The second kappa shape index (κ2) is 5.87. The van der Waals surface area contributed by atoms with Crippen molar-refractivity contribution < 1.29 is 4.74 Å². The fourth-order valence-corrected chi connectivity index (χ4v) is 2.08. The second-order valence-electron chi connectivity index (χ2n) is 4.96. The third kappa shape index (κ3) is 3.23. The molecule has 2 rings (SSSR count). The van der Waals surface area contributed by atoms with E-state index in [-0.39, 0.29) is 0 Å². The molecule has 0 N–H and O–H groups in total. The summed E-state index contributed by atoms with van der Waals surface area (Å²) >= 11 is 0. The quantitative estimate of drug-likeness (QED) is 0.745. The summed E-state index contributed by atoms with van der Waals surface area (Å²) in [6.45, 7) is 3.97. The van der Waals surface area contributed by atoms with Crippen LogP contribution in [-0.4, -0.2) is 32.1 Å². The predicted octanol–water partition coefficient (Wildman–Crippen LogP) is 3.48. The zero-order valence-corrected chi connectivity index (χ0v) is 11.4. The molecule has 2 heteroatoms. The molecule has 0 heterocycles. The monoisotopic (exact) mass is 243 g/mol.